The van der Waals surface area contributed by atoms with Crippen molar-refractivity contribution in [3.63, 3.8) is 0 Å². The number of fused-ring (bicyclic) bond motifs is 1. The van der Waals surface area contributed by atoms with Crippen LogP contribution >= 0.6 is 0 Å². The molecule has 18 heavy (non-hydrogen) atoms. The molecular weight excluding hydrogens is 232 g/mol. The highest BCUT2D eigenvalue weighted by molar-refractivity contribution is 5.48. The third-order valence-electron chi connectivity index (χ3n) is 2.58. The lowest BCUT2D eigenvalue weighted by Gasteiger charge is -2.07. The van der Waals surface area contributed by atoms with E-state index in [9.17, 15) is 0 Å². The molecule has 2 heterocycles. The van der Waals surface area contributed by atoms with Crippen LogP contribution in [-0.2, 0) is 6.54 Å². The second kappa shape index (κ2) is 4.54. The summed E-state index contributed by atoms with van der Waals surface area (Å²) in [7, 11) is 0. The second-order valence-corrected chi connectivity index (χ2v) is 3.80. The average Bonchev–Trinajstić information content (AvgIpc) is 2.86. The zero-order valence-electron chi connectivity index (χ0n) is 9.63. The quantitative estimate of drug-likeness (QED) is 0.895. The molecular formula is C13H12N2O3. The second-order valence-electron chi connectivity index (χ2n) is 3.80. The third-order valence-corrected chi connectivity index (χ3v) is 2.58. The van der Waals surface area contributed by atoms with Crippen molar-refractivity contribution in [2.24, 2.45) is 5.73 Å². The van der Waals surface area contributed by atoms with Gasteiger partial charge in [-0.15, -0.1) is 0 Å². The van der Waals surface area contributed by atoms with Gasteiger partial charge < -0.3 is 19.9 Å². The number of rotatable bonds is 3. The highest BCUT2D eigenvalue weighted by Gasteiger charge is 2.13. The summed E-state index contributed by atoms with van der Waals surface area (Å²) in [5, 5.41) is 0. The molecule has 0 saturated heterocycles. The molecule has 0 amide bonds. The van der Waals surface area contributed by atoms with Crippen LogP contribution in [0.25, 0.3) is 0 Å². The fourth-order valence-electron chi connectivity index (χ4n) is 1.71. The van der Waals surface area contributed by atoms with Gasteiger partial charge in [0.15, 0.2) is 11.5 Å². The van der Waals surface area contributed by atoms with Gasteiger partial charge in [-0.05, 0) is 18.2 Å². The lowest BCUT2D eigenvalue weighted by molar-refractivity contribution is 0.174. The summed E-state index contributed by atoms with van der Waals surface area (Å²) in [5.41, 5.74) is 6.32. The van der Waals surface area contributed by atoms with E-state index in [1.807, 2.05) is 18.2 Å². The fraction of sp³-hybridized carbons (Fsp3) is 0.154. The van der Waals surface area contributed by atoms with Crippen LogP contribution < -0.4 is 19.9 Å². The summed E-state index contributed by atoms with van der Waals surface area (Å²) in [6, 6.07) is 9.04. The number of nitrogens with zero attached hydrogens (tertiary/aromatic N) is 1. The van der Waals surface area contributed by atoms with Crippen LogP contribution in [0.1, 0.15) is 5.69 Å². The Labute approximate surface area is 104 Å². The molecule has 92 valence electrons. The maximum absolute atomic E-state index is 5.72. The molecule has 5 nitrogen and oxygen atoms in total. The van der Waals surface area contributed by atoms with Crippen molar-refractivity contribution < 1.29 is 14.2 Å². The molecule has 1 aliphatic heterocycles. The Hall–Kier alpha value is -2.27. The van der Waals surface area contributed by atoms with Crippen LogP contribution in [0.5, 0.6) is 23.0 Å². The van der Waals surface area contributed by atoms with E-state index in [4.69, 9.17) is 19.9 Å². The van der Waals surface area contributed by atoms with E-state index in [1.165, 1.54) is 0 Å². The van der Waals surface area contributed by atoms with Crippen molar-refractivity contribution in [2.45, 2.75) is 6.54 Å². The standard InChI is InChI=1S/C13H12N2O3/c14-7-9-5-11(3-4-15-9)18-10-1-2-12-13(6-10)17-8-16-12/h1-6H,7-8,14H2. The molecule has 0 radical (unpaired) electrons. The van der Waals surface area contributed by atoms with Gasteiger partial charge in [-0.2, -0.15) is 0 Å². The van der Waals surface area contributed by atoms with Gasteiger partial charge in [0.05, 0.1) is 5.69 Å². The zero-order chi connectivity index (χ0) is 12.4. The van der Waals surface area contributed by atoms with Gasteiger partial charge in [-0.3, -0.25) is 4.98 Å². The van der Waals surface area contributed by atoms with Gasteiger partial charge in [0, 0.05) is 24.9 Å². The zero-order valence-corrected chi connectivity index (χ0v) is 9.63. The molecule has 0 bridgehead atoms. The predicted molar refractivity (Wildman–Crippen MR) is 64.8 cm³/mol. The third kappa shape index (κ3) is 2.08. The smallest absolute Gasteiger partial charge is 0.231 e. The number of hydrogen-bond acceptors (Lipinski definition) is 5. The van der Waals surface area contributed by atoms with Gasteiger partial charge in [0.1, 0.15) is 11.5 Å². The molecule has 0 spiro atoms. The number of hydrogen-bond donors (Lipinski definition) is 1. The largest absolute Gasteiger partial charge is 0.457 e. The van der Waals surface area contributed by atoms with Crippen LogP contribution in [-0.4, -0.2) is 11.8 Å². The van der Waals surface area contributed by atoms with Crippen LogP contribution in [0.4, 0.5) is 0 Å². The van der Waals surface area contributed by atoms with E-state index >= 15 is 0 Å². The lowest BCUT2D eigenvalue weighted by Crippen LogP contribution is -1.99. The average molecular weight is 244 g/mol. The van der Waals surface area contributed by atoms with Gasteiger partial charge in [0.25, 0.3) is 0 Å². The van der Waals surface area contributed by atoms with E-state index in [2.05, 4.69) is 4.98 Å². The van der Waals surface area contributed by atoms with Crippen LogP contribution in [0.3, 0.4) is 0 Å². The number of benzene rings is 1. The minimum atomic E-state index is 0.255. The summed E-state index contributed by atoms with van der Waals surface area (Å²) >= 11 is 0. The molecule has 0 unspecified atom stereocenters. The SMILES string of the molecule is NCc1cc(Oc2ccc3c(c2)OCO3)ccn1. The molecule has 0 fully saturated rings. The van der Waals surface area contributed by atoms with Gasteiger partial charge in [0.2, 0.25) is 6.79 Å². The highest BCUT2D eigenvalue weighted by atomic mass is 16.7. The van der Waals surface area contributed by atoms with E-state index in [1.54, 1.807) is 18.3 Å². The Morgan fingerprint density at radius 3 is 2.83 bits per heavy atom. The maximum Gasteiger partial charge on any atom is 0.231 e. The van der Waals surface area contributed by atoms with E-state index in [-0.39, 0.29) is 6.79 Å². The number of aromatic nitrogens is 1. The highest BCUT2D eigenvalue weighted by Crippen LogP contribution is 2.36. The first kappa shape index (κ1) is 10.9. The van der Waals surface area contributed by atoms with Crippen molar-refractivity contribution in [1.82, 2.24) is 4.98 Å². The summed E-state index contributed by atoms with van der Waals surface area (Å²) in [6.07, 6.45) is 1.67. The molecule has 1 aromatic carbocycles. The summed E-state index contributed by atoms with van der Waals surface area (Å²) < 4.78 is 16.2. The van der Waals surface area contributed by atoms with Crippen molar-refractivity contribution in [1.29, 1.82) is 0 Å². The van der Waals surface area contributed by atoms with Crippen molar-refractivity contribution in [3.8, 4) is 23.0 Å². The maximum atomic E-state index is 5.72. The minimum absolute atomic E-state index is 0.255. The molecule has 2 aromatic rings. The Balaban J connectivity index is 1.83. The molecule has 2 N–H and O–H groups in total. The molecule has 1 aliphatic rings. The summed E-state index contributed by atoms with van der Waals surface area (Å²) in [4.78, 5) is 4.11. The molecule has 0 saturated carbocycles. The summed E-state index contributed by atoms with van der Waals surface area (Å²) in [6.45, 7) is 0.643. The number of ether oxygens (including phenoxy) is 3. The Morgan fingerprint density at radius 2 is 1.94 bits per heavy atom. The van der Waals surface area contributed by atoms with Crippen LogP contribution in [0.15, 0.2) is 36.5 Å². The molecule has 0 atom stereocenters. The first-order valence-electron chi connectivity index (χ1n) is 5.57. The van der Waals surface area contributed by atoms with Gasteiger partial charge >= 0.3 is 0 Å². The van der Waals surface area contributed by atoms with Crippen LogP contribution in [0.2, 0.25) is 0 Å². The van der Waals surface area contributed by atoms with Crippen LogP contribution in [0, 0.1) is 0 Å². The van der Waals surface area contributed by atoms with E-state index in [0.29, 0.717) is 23.8 Å². The molecule has 0 aliphatic carbocycles. The first-order chi connectivity index (χ1) is 8.85. The molecule has 3 rings (SSSR count). The first-order valence-corrected chi connectivity index (χ1v) is 5.57. The Kier molecular flexibility index (Phi) is 2.74. The van der Waals surface area contributed by atoms with Crippen molar-refractivity contribution in [3.05, 3.63) is 42.2 Å². The molecule has 1 aromatic heterocycles. The number of pyridine rings is 1. The Bertz CT molecular complexity index is 572. The summed E-state index contributed by atoms with van der Waals surface area (Å²) in [5.74, 6) is 2.82. The topological polar surface area (TPSA) is 66.6 Å². The monoisotopic (exact) mass is 244 g/mol. The van der Waals surface area contributed by atoms with E-state index in [0.717, 1.165) is 11.4 Å². The minimum Gasteiger partial charge on any atom is -0.457 e. The van der Waals surface area contributed by atoms with Crippen molar-refractivity contribution >= 4 is 0 Å². The lowest BCUT2D eigenvalue weighted by atomic mass is 10.3. The predicted octanol–water partition coefficient (Wildman–Crippen LogP) is 2.06. The van der Waals surface area contributed by atoms with E-state index < -0.39 is 0 Å². The van der Waals surface area contributed by atoms with Gasteiger partial charge in [-0.25, -0.2) is 0 Å². The molecule has 5 heteroatoms. The fourth-order valence-corrected chi connectivity index (χ4v) is 1.71. The number of nitrogens with two attached hydrogens (primary N) is 1. The Morgan fingerprint density at radius 1 is 1.11 bits per heavy atom. The normalized spacial score (nSPS) is 12.5. The van der Waals surface area contributed by atoms with Crippen molar-refractivity contribution in [2.75, 3.05) is 6.79 Å². The van der Waals surface area contributed by atoms with Gasteiger partial charge in [-0.1, -0.05) is 0 Å².